The van der Waals surface area contributed by atoms with Crippen molar-refractivity contribution in [1.29, 1.82) is 0 Å². The van der Waals surface area contributed by atoms with Crippen molar-refractivity contribution in [2.24, 2.45) is 0 Å². The molecule has 2 amide bonds. The molecule has 33 heavy (non-hydrogen) atoms. The van der Waals surface area contributed by atoms with Gasteiger partial charge in [0.1, 0.15) is 17.5 Å². The highest BCUT2D eigenvalue weighted by Gasteiger charge is 2.19. The number of hydrogen-bond acceptors (Lipinski definition) is 4. The Morgan fingerprint density at radius 2 is 1.94 bits per heavy atom. The summed E-state index contributed by atoms with van der Waals surface area (Å²) in [5, 5.41) is 5.65. The van der Waals surface area contributed by atoms with Gasteiger partial charge in [0.25, 0.3) is 5.91 Å². The summed E-state index contributed by atoms with van der Waals surface area (Å²) in [4.78, 5) is 34.0. The van der Waals surface area contributed by atoms with Crippen molar-refractivity contribution in [2.45, 2.75) is 6.42 Å². The van der Waals surface area contributed by atoms with Crippen molar-refractivity contribution >= 4 is 39.9 Å². The van der Waals surface area contributed by atoms with Crippen molar-refractivity contribution in [3.8, 4) is 11.4 Å². The number of aromatic amines is 1. The van der Waals surface area contributed by atoms with Gasteiger partial charge in [-0.15, -0.1) is 0 Å². The molecule has 0 aliphatic carbocycles. The van der Waals surface area contributed by atoms with E-state index < -0.39 is 11.6 Å². The maximum absolute atomic E-state index is 14.1. The number of imidazole rings is 1. The van der Waals surface area contributed by atoms with Gasteiger partial charge in [0.05, 0.1) is 28.0 Å². The quantitative estimate of drug-likeness (QED) is 0.430. The SMILES string of the molecule is CN1CCC(=O)Nc2cc(C(=O)Nc3ccc4nc(-c5cc(F)ccc5F)[nH]c4c3)ccc21. The number of H-pyrrole nitrogens is 1. The van der Waals surface area contributed by atoms with Crippen LogP contribution in [0.3, 0.4) is 0 Å². The van der Waals surface area contributed by atoms with Gasteiger partial charge in [-0.3, -0.25) is 9.59 Å². The second-order valence-electron chi connectivity index (χ2n) is 7.85. The third-order valence-corrected chi connectivity index (χ3v) is 5.54. The normalized spacial score (nSPS) is 13.4. The van der Waals surface area contributed by atoms with Crippen molar-refractivity contribution in [3.05, 3.63) is 71.8 Å². The number of carbonyl (C=O) groups excluding carboxylic acids is 2. The molecule has 1 aromatic heterocycles. The van der Waals surface area contributed by atoms with Gasteiger partial charge in [-0.2, -0.15) is 0 Å². The number of hydrogen-bond donors (Lipinski definition) is 3. The lowest BCUT2D eigenvalue weighted by Gasteiger charge is -2.18. The maximum Gasteiger partial charge on any atom is 0.255 e. The average Bonchev–Trinajstić information content (AvgIpc) is 3.15. The Kier molecular flexibility index (Phi) is 5.01. The molecule has 7 nitrogen and oxygen atoms in total. The fourth-order valence-electron chi connectivity index (χ4n) is 3.81. The van der Waals surface area contributed by atoms with Gasteiger partial charge in [0.15, 0.2) is 0 Å². The average molecular weight is 447 g/mol. The van der Waals surface area contributed by atoms with Gasteiger partial charge in [-0.25, -0.2) is 13.8 Å². The molecule has 1 aliphatic heterocycles. The summed E-state index contributed by atoms with van der Waals surface area (Å²) in [6, 6.07) is 13.3. The number of nitrogens with zero attached hydrogens (tertiary/aromatic N) is 2. The van der Waals surface area contributed by atoms with Crippen LogP contribution in [0.5, 0.6) is 0 Å². The highest BCUT2D eigenvalue weighted by atomic mass is 19.1. The molecule has 0 saturated heterocycles. The zero-order valence-electron chi connectivity index (χ0n) is 17.6. The van der Waals surface area contributed by atoms with Crippen LogP contribution < -0.4 is 15.5 Å². The number of nitrogens with one attached hydrogen (secondary N) is 3. The van der Waals surface area contributed by atoms with E-state index in [2.05, 4.69) is 20.6 Å². The minimum atomic E-state index is -0.593. The van der Waals surface area contributed by atoms with Crippen LogP contribution in [-0.2, 0) is 4.79 Å². The third-order valence-electron chi connectivity index (χ3n) is 5.54. The molecule has 0 spiro atoms. The Bertz CT molecular complexity index is 1420. The van der Waals surface area contributed by atoms with Crippen molar-refractivity contribution in [1.82, 2.24) is 9.97 Å². The van der Waals surface area contributed by atoms with Crippen molar-refractivity contribution in [2.75, 3.05) is 29.1 Å². The standard InChI is InChI=1S/C24H19F2N5O2/c1-31-9-8-22(32)28-20-10-13(2-7-21(20)31)24(33)27-15-4-6-18-19(12-15)30-23(29-18)16-11-14(25)3-5-17(16)26/h2-7,10-12H,8-9H2,1H3,(H,27,33)(H,28,32)(H,29,30). The fraction of sp³-hybridized carbons (Fsp3) is 0.125. The van der Waals surface area contributed by atoms with E-state index in [4.69, 9.17) is 0 Å². The molecule has 0 radical (unpaired) electrons. The number of carbonyl (C=O) groups is 2. The van der Waals surface area contributed by atoms with E-state index in [9.17, 15) is 18.4 Å². The van der Waals surface area contributed by atoms with Crippen molar-refractivity contribution < 1.29 is 18.4 Å². The van der Waals surface area contributed by atoms with Gasteiger partial charge in [0.2, 0.25) is 5.91 Å². The number of halogens is 2. The zero-order valence-corrected chi connectivity index (χ0v) is 17.6. The molecule has 0 fully saturated rings. The molecule has 9 heteroatoms. The third kappa shape index (κ3) is 4.00. The Morgan fingerprint density at radius 1 is 1.09 bits per heavy atom. The summed E-state index contributed by atoms with van der Waals surface area (Å²) in [6.45, 7) is 0.593. The highest BCUT2D eigenvalue weighted by molar-refractivity contribution is 6.07. The minimum absolute atomic E-state index is 0.0220. The Hall–Kier alpha value is -4.27. The van der Waals surface area contributed by atoms with Crippen LogP contribution >= 0.6 is 0 Å². The van der Waals surface area contributed by atoms with E-state index in [-0.39, 0.29) is 23.2 Å². The summed E-state index contributed by atoms with van der Waals surface area (Å²) in [5.41, 5.74) is 3.43. The fourth-order valence-corrected chi connectivity index (χ4v) is 3.81. The van der Waals surface area contributed by atoms with E-state index in [1.165, 1.54) is 0 Å². The molecule has 0 atom stereocenters. The molecule has 0 saturated carbocycles. The summed E-state index contributed by atoms with van der Waals surface area (Å²) >= 11 is 0. The Balaban J connectivity index is 1.41. The summed E-state index contributed by atoms with van der Waals surface area (Å²) in [5.74, 6) is -1.42. The lowest BCUT2D eigenvalue weighted by atomic mass is 10.1. The van der Waals surface area contributed by atoms with Crippen LogP contribution in [0.25, 0.3) is 22.4 Å². The first-order valence-corrected chi connectivity index (χ1v) is 10.3. The number of fused-ring (bicyclic) bond motifs is 2. The van der Waals surface area contributed by atoms with E-state index in [1.54, 1.807) is 36.4 Å². The smallest absolute Gasteiger partial charge is 0.255 e. The second-order valence-corrected chi connectivity index (χ2v) is 7.85. The molecule has 2 heterocycles. The topological polar surface area (TPSA) is 90.1 Å². The first-order chi connectivity index (χ1) is 15.9. The molecule has 5 rings (SSSR count). The van der Waals surface area contributed by atoms with Crippen LogP contribution in [0.4, 0.5) is 25.8 Å². The number of amides is 2. The Morgan fingerprint density at radius 3 is 2.79 bits per heavy atom. The highest BCUT2D eigenvalue weighted by Crippen LogP contribution is 2.30. The molecule has 0 unspecified atom stereocenters. The molecule has 1 aliphatic rings. The van der Waals surface area contributed by atoms with E-state index >= 15 is 0 Å². The predicted molar refractivity (Wildman–Crippen MR) is 122 cm³/mol. The van der Waals surface area contributed by atoms with E-state index in [0.717, 1.165) is 23.9 Å². The minimum Gasteiger partial charge on any atom is -0.372 e. The lowest BCUT2D eigenvalue weighted by Crippen LogP contribution is -2.18. The van der Waals surface area contributed by atoms with Crippen LogP contribution in [-0.4, -0.2) is 35.4 Å². The summed E-state index contributed by atoms with van der Waals surface area (Å²) < 4.78 is 27.7. The predicted octanol–water partition coefficient (Wildman–Crippen LogP) is 4.54. The van der Waals surface area contributed by atoms with Gasteiger partial charge in [0, 0.05) is 31.3 Å². The molecule has 4 aromatic rings. The molecular formula is C24H19F2N5O2. The molecule has 166 valence electrons. The van der Waals surface area contributed by atoms with Gasteiger partial charge >= 0.3 is 0 Å². The van der Waals surface area contributed by atoms with Crippen molar-refractivity contribution in [3.63, 3.8) is 0 Å². The van der Waals surface area contributed by atoms with Crippen LogP contribution in [0.2, 0.25) is 0 Å². The van der Waals surface area contributed by atoms with Crippen LogP contribution in [0, 0.1) is 11.6 Å². The molecular weight excluding hydrogens is 428 g/mol. The van der Waals surface area contributed by atoms with Crippen LogP contribution in [0.1, 0.15) is 16.8 Å². The van der Waals surface area contributed by atoms with Crippen LogP contribution in [0.15, 0.2) is 54.6 Å². The first-order valence-electron chi connectivity index (χ1n) is 10.3. The maximum atomic E-state index is 14.1. The number of benzene rings is 3. The number of aromatic nitrogens is 2. The van der Waals surface area contributed by atoms with E-state index in [0.29, 0.717) is 40.9 Å². The largest absolute Gasteiger partial charge is 0.372 e. The summed E-state index contributed by atoms with van der Waals surface area (Å²) in [7, 11) is 1.89. The van der Waals surface area contributed by atoms with Gasteiger partial charge in [-0.1, -0.05) is 0 Å². The number of rotatable bonds is 3. The van der Waals surface area contributed by atoms with E-state index in [1.807, 2.05) is 11.9 Å². The van der Waals surface area contributed by atoms with Gasteiger partial charge in [-0.05, 0) is 54.6 Å². The summed E-state index contributed by atoms with van der Waals surface area (Å²) in [6.07, 6.45) is 0.373. The molecule has 3 aromatic carbocycles. The zero-order chi connectivity index (χ0) is 23.1. The Labute approximate surface area is 187 Å². The number of anilines is 3. The van der Waals surface area contributed by atoms with Gasteiger partial charge < -0.3 is 20.5 Å². The molecule has 3 N–H and O–H groups in total. The first kappa shape index (κ1) is 20.6. The molecule has 0 bridgehead atoms. The monoisotopic (exact) mass is 447 g/mol. The second kappa shape index (κ2) is 8.01. The lowest BCUT2D eigenvalue weighted by molar-refractivity contribution is -0.115.